The summed E-state index contributed by atoms with van der Waals surface area (Å²) in [5, 5.41) is 2.88. The Kier molecular flexibility index (Phi) is 5.12. The highest BCUT2D eigenvalue weighted by Crippen LogP contribution is 2.22. The zero-order valence-corrected chi connectivity index (χ0v) is 11.7. The number of nitrogens with zero attached hydrogens (tertiary/aromatic N) is 2. The Morgan fingerprint density at radius 2 is 2.15 bits per heavy atom. The van der Waals surface area contributed by atoms with Crippen molar-refractivity contribution in [1.29, 1.82) is 0 Å². The maximum atomic E-state index is 12.1. The van der Waals surface area contributed by atoms with E-state index < -0.39 is 0 Å². The standard InChI is InChI=1S/C15H22N4O/c1-2-3-14(16)12-6-10-19(11-7-12)15(20)18-13-4-8-17-9-5-13/h2,4-5,8-9,12,14H,1,3,6-7,10-11,16H2,(H,17,18,20)/t14-/m0/s1. The van der Waals surface area contributed by atoms with Crippen LogP contribution in [0, 0.1) is 5.92 Å². The van der Waals surface area contributed by atoms with E-state index in [1.807, 2.05) is 11.0 Å². The largest absolute Gasteiger partial charge is 0.327 e. The zero-order chi connectivity index (χ0) is 14.4. The van der Waals surface area contributed by atoms with Gasteiger partial charge in [0.1, 0.15) is 0 Å². The summed E-state index contributed by atoms with van der Waals surface area (Å²) < 4.78 is 0. The summed E-state index contributed by atoms with van der Waals surface area (Å²) in [6.07, 6.45) is 7.95. The van der Waals surface area contributed by atoms with Gasteiger partial charge in [-0.2, -0.15) is 0 Å². The Labute approximate surface area is 119 Å². The van der Waals surface area contributed by atoms with Crippen LogP contribution in [0.2, 0.25) is 0 Å². The number of nitrogens with two attached hydrogens (primary N) is 1. The minimum absolute atomic E-state index is 0.0491. The molecule has 0 aromatic carbocycles. The highest BCUT2D eigenvalue weighted by atomic mass is 16.2. The van der Waals surface area contributed by atoms with Gasteiger partial charge < -0.3 is 16.0 Å². The van der Waals surface area contributed by atoms with Crippen LogP contribution in [0.4, 0.5) is 10.5 Å². The van der Waals surface area contributed by atoms with Crippen LogP contribution >= 0.6 is 0 Å². The average Bonchev–Trinajstić information content (AvgIpc) is 2.48. The predicted molar refractivity (Wildman–Crippen MR) is 80.3 cm³/mol. The summed E-state index contributed by atoms with van der Waals surface area (Å²) in [6, 6.07) is 3.68. The van der Waals surface area contributed by atoms with E-state index in [1.54, 1.807) is 24.5 Å². The normalized spacial score (nSPS) is 17.6. The van der Waals surface area contributed by atoms with Crippen LogP contribution < -0.4 is 11.1 Å². The van der Waals surface area contributed by atoms with Gasteiger partial charge >= 0.3 is 6.03 Å². The predicted octanol–water partition coefficient (Wildman–Crippen LogP) is 2.23. The van der Waals surface area contributed by atoms with E-state index in [-0.39, 0.29) is 12.1 Å². The number of anilines is 1. The molecule has 2 heterocycles. The van der Waals surface area contributed by atoms with Gasteiger partial charge in [0, 0.05) is 37.2 Å². The van der Waals surface area contributed by atoms with Crippen LogP contribution in [-0.2, 0) is 0 Å². The third-order valence-corrected chi connectivity index (χ3v) is 3.80. The molecule has 2 rings (SSSR count). The van der Waals surface area contributed by atoms with Gasteiger partial charge in [0.2, 0.25) is 0 Å². The fourth-order valence-corrected chi connectivity index (χ4v) is 2.55. The number of piperidine rings is 1. The van der Waals surface area contributed by atoms with Gasteiger partial charge in [-0.3, -0.25) is 4.98 Å². The van der Waals surface area contributed by atoms with Crippen LogP contribution in [0.3, 0.4) is 0 Å². The lowest BCUT2D eigenvalue weighted by molar-refractivity contribution is 0.174. The molecule has 0 saturated carbocycles. The third kappa shape index (κ3) is 3.81. The first-order valence-electron chi connectivity index (χ1n) is 7.03. The molecular formula is C15H22N4O. The lowest BCUT2D eigenvalue weighted by Gasteiger charge is -2.34. The number of rotatable bonds is 4. The number of hydrogen-bond acceptors (Lipinski definition) is 3. The third-order valence-electron chi connectivity index (χ3n) is 3.80. The molecule has 1 atom stereocenters. The summed E-state index contributed by atoms with van der Waals surface area (Å²) in [6.45, 7) is 5.24. The average molecular weight is 274 g/mol. The number of hydrogen-bond donors (Lipinski definition) is 2. The lowest BCUT2D eigenvalue weighted by atomic mass is 9.88. The van der Waals surface area contributed by atoms with Gasteiger partial charge in [-0.05, 0) is 37.3 Å². The van der Waals surface area contributed by atoms with E-state index in [0.717, 1.165) is 38.0 Å². The number of aromatic nitrogens is 1. The van der Waals surface area contributed by atoms with Crippen molar-refractivity contribution in [3.05, 3.63) is 37.2 Å². The fraction of sp³-hybridized carbons (Fsp3) is 0.467. The highest BCUT2D eigenvalue weighted by Gasteiger charge is 2.26. The van der Waals surface area contributed by atoms with Crippen molar-refractivity contribution >= 4 is 11.7 Å². The lowest BCUT2D eigenvalue weighted by Crippen LogP contribution is -2.44. The Hall–Kier alpha value is -1.88. The Balaban J connectivity index is 1.81. The minimum Gasteiger partial charge on any atom is -0.327 e. The summed E-state index contributed by atoms with van der Waals surface area (Å²) in [5.74, 6) is 0.484. The van der Waals surface area contributed by atoms with Crippen molar-refractivity contribution in [1.82, 2.24) is 9.88 Å². The summed E-state index contributed by atoms with van der Waals surface area (Å²) >= 11 is 0. The summed E-state index contributed by atoms with van der Waals surface area (Å²) in [5.41, 5.74) is 6.88. The van der Waals surface area contributed by atoms with Gasteiger partial charge in [0.05, 0.1) is 0 Å². The van der Waals surface area contributed by atoms with Gasteiger partial charge in [0.25, 0.3) is 0 Å². The van der Waals surface area contributed by atoms with E-state index in [9.17, 15) is 4.79 Å². The molecule has 5 heteroatoms. The van der Waals surface area contributed by atoms with Gasteiger partial charge in [-0.15, -0.1) is 6.58 Å². The van der Waals surface area contributed by atoms with Crippen LogP contribution in [0.15, 0.2) is 37.2 Å². The van der Waals surface area contributed by atoms with Crippen molar-refractivity contribution in [2.24, 2.45) is 11.7 Å². The first-order valence-corrected chi connectivity index (χ1v) is 7.03. The highest BCUT2D eigenvalue weighted by molar-refractivity contribution is 5.89. The number of carbonyl (C=O) groups is 1. The second-order valence-corrected chi connectivity index (χ2v) is 5.18. The molecule has 2 amide bonds. The van der Waals surface area contributed by atoms with Crippen molar-refractivity contribution in [3.8, 4) is 0 Å². The number of amides is 2. The van der Waals surface area contributed by atoms with Crippen LogP contribution in [0.25, 0.3) is 0 Å². The van der Waals surface area contributed by atoms with E-state index >= 15 is 0 Å². The monoisotopic (exact) mass is 274 g/mol. The summed E-state index contributed by atoms with van der Waals surface area (Å²) in [4.78, 5) is 17.9. The molecule has 0 unspecified atom stereocenters. The fourth-order valence-electron chi connectivity index (χ4n) is 2.55. The number of pyridine rings is 1. The maximum Gasteiger partial charge on any atom is 0.321 e. The van der Waals surface area contributed by atoms with Crippen molar-refractivity contribution in [3.63, 3.8) is 0 Å². The van der Waals surface area contributed by atoms with Crippen molar-refractivity contribution < 1.29 is 4.79 Å². The molecule has 1 aromatic rings. The summed E-state index contributed by atoms with van der Waals surface area (Å²) in [7, 11) is 0. The Bertz CT molecular complexity index is 440. The molecule has 1 saturated heterocycles. The molecule has 1 aromatic heterocycles. The molecule has 0 spiro atoms. The van der Waals surface area contributed by atoms with Crippen LogP contribution in [0.1, 0.15) is 19.3 Å². The molecule has 20 heavy (non-hydrogen) atoms. The first kappa shape index (κ1) is 14.5. The number of likely N-dealkylation sites (tertiary alicyclic amines) is 1. The molecule has 5 nitrogen and oxygen atoms in total. The zero-order valence-electron chi connectivity index (χ0n) is 11.7. The molecule has 1 aliphatic heterocycles. The quantitative estimate of drug-likeness (QED) is 0.827. The molecular weight excluding hydrogens is 252 g/mol. The van der Waals surface area contributed by atoms with E-state index in [0.29, 0.717) is 5.92 Å². The van der Waals surface area contributed by atoms with E-state index in [2.05, 4.69) is 16.9 Å². The first-order chi connectivity index (χ1) is 9.70. The van der Waals surface area contributed by atoms with Crippen molar-refractivity contribution in [2.45, 2.75) is 25.3 Å². The Morgan fingerprint density at radius 3 is 2.75 bits per heavy atom. The smallest absolute Gasteiger partial charge is 0.321 e. The number of urea groups is 1. The Morgan fingerprint density at radius 1 is 1.50 bits per heavy atom. The van der Waals surface area contributed by atoms with Gasteiger partial charge in [-0.25, -0.2) is 4.79 Å². The number of carbonyl (C=O) groups excluding carboxylic acids is 1. The molecule has 0 bridgehead atoms. The maximum absolute atomic E-state index is 12.1. The molecule has 1 fully saturated rings. The van der Waals surface area contributed by atoms with Crippen LogP contribution in [-0.4, -0.2) is 35.0 Å². The van der Waals surface area contributed by atoms with Crippen molar-refractivity contribution in [2.75, 3.05) is 18.4 Å². The SMILES string of the molecule is C=CC[C@H](N)C1CCN(C(=O)Nc2ccncc2)CC1. The minimum atomic E-state index is -0.0491. The molecule has 0 radical (unpaired) electrons. The topological polar surface area (TPSA) is 71.2 Å². The van der Waals surface area contributed by atoms with Gasteiger partial charge in [0.15, 0.2) is 0 Å². The second-order valence-electron chi connectivity index (χ2n) is 5.18. The second kappa shape index (κ2) is 7.05. The number of nitrogens with one attached hydrogen (secondary N) is 1. The molecule has 0 aliphatic carbocycles. The van der Waals surface area contributed by atoms with E-state index in [4.69, 9.17) is 5.73 Å². The molecule has 108 valence electrons. The molecule has 1 aliphatic rings. The van der Waals surface area contributed by atoms with E-state index in [1.165, 1.54) is 0 Å². The van der Waals surface area contributed by atoms with Gasteiger partial charge in [-0.1, -0.05) is 6.08 Å². The molecule has 3 N–H and O–H groups in total. The van der Waals surface area contributed by atoms with Crippen LogP contribution in [0.5, 0.6) is 0 Å².